The van der Waals surface area contributed by atoms with E-state index in [0.29, 0.717) is 5.92 Å². The third kappa shape index (κ3) is 5.16. The van der Waals surface area contributed by atoms with Crippen LogP contribution in [0.4, 0.5) is 0 Å². The lowest BCUT2D eigenvalue weighted by molar-refractivity contribution is 0.854. The number of hydrogen-bond acceptors (Lipinski definition) is 4. The highest BCUT2D eigenvalue weighted by atomic mass is 32.1. The quantitative estimate of drug-likeness (QED) is 0.182. The number of thiophene rings is 2. The first-order valence-corrected chi connectivity index (χ1v) is 18.6. The second kappa shape index (κ2) is 12.0. The van der Waals surface area contributed by atoms with Crippen LogP contribution in [-0.2, 0) is 0 Å². The van der Waals surface area contributed by atoms with Crippen molar-refractivity contribution in [3.8, 4) is 45.0 Å². The molecule has 0 saturated heterocycles. The molecule has 4 heteroatoms. The maximum Gasteiger partial charge on any atom is 0.160 e. The average Bonchev–Trinajstić information content (AvgIpc) is 3.76. The molecule has 0 saturated carbocycles. The minimum Gasteiger partial charge on any atom is -0.228 e. The number of benzene rings is 6. The number of fused-ring (bicyclic) bond motifs is 6. The Hall–Kier alpha value is -5.68. The van der Waals surface area contributed by atoms with E-state index in [2.05, 4.69) is 164 Å². The summed E-state index contributed by atoms with van der Waals surface area (Å²) in [4.78, 5) is 10.6. The molecule has 50 heavy (non-hydrogen) atoms. The van der Waals surface area contributed by atoms with Crippen molar-refractivity contribution in [3.63, 3.8) is 0 Å². The lowest BCUT2D eigenvalue weighted by Crippen LogP contribution is -2.00. The topological polar surface area (TPSA) is 25.8 Å². The Labute approximate surface area is 298 Å². The summed E-state index contributed by atoms with van der Waals surface area (Å²) in [6, 6.07) is 50.6. The standard InChI is InChI=1S/C46H30N2S2/c1-3-11-29(12-4-1)33-23-34(30-13-5-2-6-14-30)25-35(24-33)41-28-40(31-19-21-38-36-15-7-9-17-42(36)49-44(38)26-31)47-46(48-41)32-20-22-39-37-16-8-10-18-43(37)50-45(39)27-32/h1-13,15-28,30H,14H2. The molecule has 0 amide bonds. The smallest absolute Gasteiger partial charge is 0.160 e. The predicted octanol–water partition coefficient (Wildman–Crippen LogP) is 13.5. The van der Waals surface area contributed by atoms with Gasteiger partial charge in [-0.3, -0.25) is 0 Å². The van der Waals surface area contributed by atoms with E-state index in [1.165, 1.54) is 57.0 Å². The molecule has 0 radical (unpaired) electrons. The summed E-state index contributed by atoms with van der Waals surface area (Å²) in [5.74, 6) is 1.05. The van der Waals surface area contributed by atoms with Gasteiger partial charge in [0.05, 0.1) is 11.4 Å². The molecule has 0 spiro atoms. The molecule has 2 nitrogen and oxygen atoms in total. The zero-order chi connectivity index (χ0) is 33.0. The van der Waals surface area contributed by atoms with E-state index in [-0.39, 0.29) is 0 Å². The van der Waals surface area contributed by atoms with Crippen LogP contribution in [0.2, 0.25) is 0 Å². The molecule has 236 valence electrons. The molecular weight excluding hydrogens is 645 g/mol. The van der Waals surface area contributed by atoms with Gasteiger partial charge in [0.2, 0.25) is 0 Å². The maximum absolute atomic E-state index is 5.34. The summed E-state index contributed by atoms with van der Waals surface area (Å²) >= 11 is 3.66. The number of rotatable bonds is 5. The fourth-order valence-electron chi connectivity index (χ4n) is 7.26. The van der Waals surface area contributed by atoms with Gasteiger partial charge in [-0.05, 0) is 65.6 Å². The van der Waals surface area contributed by atoms with Crippen LogP contribution in [0.25, 0.3) is 85.4 Å². The molecule has 10 rings (SSSR count). The molecule has 3 aromatic heterocycles. The number of allylic oxidation sites excluding steroid dienone is 4. The summed E-state index contributed by atoms with van der Waals surface area (Å²) in [5.41, 5.74) is 8.75. The van der Waals surface area contributed by atoms with Gasteiger partial charge in [-0.15, -0.1) is 22.7 Å². The number of nitrogens with zero attached hydrogens (tertiary/aromatic N) is 2. The molecule has 1 aliphatic rings. The Morgan fingerprint density at radius 3 is 1.74 bits per heavy atom. The molecule has 0 fully saturated rings. The molecule has 1 aliphatic carbocycles. The molecular formula is C46H30N2S2. The van der Waals surface area contributed by atoms with Gasteiger partial charge in [-0.2, -0.15) is 0 Å². The van der Waals surface area contributed by atoms with Gasteiger partial charge in [-0.1, -0.05) is 121 Å². The van der Waals surface area contributed by atoms with Crippen LogP contribution in [0.5, 0.6) is 0 Å². The molecule has 0 aliphatic heterocycles. The maximum atomic E-state index is 5.34. The fourth-order valence-corrected chi connectivity index (χ4v) is 9.55. The van der Waals surface area contributed by atoms with Gasteiger partial charge in [0.15, 0.2) is 5.82 Å². The highest BCUT2D eigenvalue weighted by molar-refractivity contribution is 7.26. The normalized spacial score (nSPS) is 14.4. The van der Waals surface area contributed by atoms with Crippen molar-refractivity contribution in [1.29, 1.82) is 0 Å². The van der Waals surface area contributed by atoms with Gasteiger partial charge >= 0.3 is 0 Å². The Morgan fingerprint density at radius 2 is 1.04 bits per heavy atom. The van der Waals surface area contributed by atoms with Crippen molar-refractivity contribution in [3.05, 3.63) is 169 Å². The average molecular weight is 675 g/mol. The van der Waals surface area contributed by atoms with Crippen molar-refractivity contribution < 1.29 is 0 Å². The molecule has 1 unspecified atom stereocenters. The molecule has 0 bridgehead atoms. The molecule has 9 aromatic rings. The lowest BCUT2D eigenvalue weighted by atomic mass is 9.88. The van der Waals surface area contributed by atoms with E-state index in [4.69, 9.17) is 9.97 Å². The van der Waals surface area contributed by atoms with Gasteiger partial charge in [-0.25, -0.2) is 9.97 Å². The van der Waals surface area contributed by atoms with Gasteiger partial charge < -0.3 is 0 Å². The number of hydrogen-bond donors (Lipinski definition) is 0. The van der Waals surface area contributed by atoms with Crippen molar-refractivity contribution >= 4 is 63.0 Å². The van der Waals surface area contributed by atoms with E-state index >= 15 is 0 Å². The van der Waals surface area contributed by atoms with Crippen LogP contribution < -0.4 is 0 Å². The predicted molar refractivity (Wildman–Crippen MR) is 215 cm³/mol. The third-order valence-electron chi connectivity index (χ3n) is 9.80. The highest BCUT2D eigenvalue weighted by Gasteiger charge is 2.17. The lowest BCUT2D eigenvalue weighted by Gasteiger charge is -2.17. The van der Waals surface area contributed by atoms with E-state index in [1.807, 2.05) is 22.7 Å². The van der Waals surface area contributed by atoms with E-state index in [9.17, 15) is 0 Å². The Balaban J connectivity index is 1.18. The van der Waals surface area contributed by atoms with Crippen LogP contribution in [0.3, 0.4) is 0 Å². The van der Waals surface area contributed by atoms with Crippen LogP contribution in [0.1, 0.15) is 17.9 Å². The third-order valence-corrected chi connectivity index (χ3v) is 12.1. The van der Waals surface area contributed by atoms with Crippen molar-refractivity contribution in [2.24, 2.45) is 0 Å². The molecule has 3 heterocycles. The second-order valence-corrected chi connectivity index (χ2v) is 15.1. The SMILES string of the molecule is C1=CCC(c2cc(-c3ccccc3)cc(-c3cc(-c4ccc5c(c4)sc4ccccc45)nc(-c4ccc5c(c4)sc4ccccc45)n3)c2)C=C1. The summed E-state index contributed by atoms with van der Waals surface area (Å²) < 4.78 is 5.11. The summed E-state index contributed by atoms with van der Waals surface area (Å²) in [6.07, 6.45) is 9.86. The van der Waals surface area contributed by atoms with Crippen molar-refractivity contribution in [2.75, 3.05) is 0 Å². The van der Waals surface area contributed by atoms with Gasteiger partial charge in [0.25, 0.3) is 0 Å². The fraction of sp³-hybridized carbons (Fsp3) is 0.0435. The Bertz CT molecular complexity index is 2670. The van der Waals surface area contributed by atoms with Crippen LogP contribution >= 0.6 is 22.7 Å². The van der Waals surface area contributed by atoms with Gasteiger partial charge in [0.1, 0.15) is 0 Å². The van der Waals surface area contributed by atoms with E-state index < -0.39 is 0 Å². The van der Waals surface area contributed by atoms with Crippen LogP contribution in [0.15, 0.2) is 164 Å². The number of aromatic nitrogens is 2. The minimum atomic E-state index is 0.314. The minimum absolute atomic E-state index is 0.314. The van der Waals surface area contributed by atoms with E-state index in [0.717, 1.165) is 40.3 Å². The van der Waals surface area contributed by atoms with Gasteiger partial charge in [0, 0.05) is 63.0 Å². The largest absolute Gasteiger partial charge is 0.228 e. The monoisotopic (exact) mass is 674 g/mol. The second-order valence-electron chi connectivity index (χ2n) is 12.9. The molecule has 1 atom stereocenters. The summed E-state index contributed by atoms with van der Waals surface area (Å²) in [7, 11) is 0. The van der Waals surface area contributed by atoms with Crippen molar-refractivity contribution in [1.82, 2.24) is 9.97 Å². The first-order chi connectivity index (χ1) is 24.7. The van der Waals surface area contributed by atoms with Crippen LogP contribution in [-0.4, -0.2) is 9.97 Å². The Morgan fingerprint density at radius 1 is 0.440 bits per heavy atom. The van der Waals surface area contributed by atoms with Crippen molar-refractivity contribution in [2.45, 2.75) is 12.3 Å². The first-order valence-electron chi connectivity index (χ1n) is 17.0. The highest BCUT2D eigenvalue weighted by Crippen LogP contribution is 2.40. The summed E-state index contributed by atoms with van der Waals surface area (Å²) in [6.45, 7) is 0. The Kier molecular flexibility index (Phi) is 7.04. The molecule has 0 N–H and O–H groups in total. The first kappa shape index (κ1) is 29.3. The zero-order valence-corrected chi connectivity index (χ0v) is 28.7. The zero-order valence-electron chi connectivity index (χ0n) is 27.1. The molecule has 6 aromatic carbocycles. The van der Waals surface area contributed by atoms with E-state index in [1.54, 1.807) is 0 Å². The summed E-state index contributed by atoms with van der Waals surface area (Å²) in [5, 5.41) is 5.16. The van der Waals surface area contributed by atoms with Crippen LogP contribution in [0, 0.1) is 0 Å².